The van der Waals surface area contributed by atoms with Gasteiger partial charge in [-0.15, -0.1) is 0 Å². The lowest BCUT2D eigenvalue weighted by atomic mass is 9.96. The van der Waals surface area contributed by atoms with Gasteiger partial charge in [0.15, 0.2) is 11.5 Å². The average Bonchev–Trinajstić information content (AvgIpc) is 2.74. The average molecular weight is 234 g/mol. The summed E-state index contributed by atoms with van der Waals surface area (Å²) >= 11 is 0. The Labute approximate surface area is 99.5 Å². The van der Waals surface area contributed by atoms with Crippen LogP contribution in [0, 0.1) is 0 Å². The molecular weight excluding hydrogens is 220 g/mol. The molecule has 1 aromatic rings. The van der Waals surface area contributed by atoms with Crippen molar-refractivity contribution in [1.82, 2.24) is 0 Å². The first-order valence-electron chi connectivity index (χ1n) is 5.91. The molecule has 0 N–H and O–H groups in total. The largest absolute Gasteiger partial charge is 0.458 e. The van der Waals surface area contributed by atoms with Crippen LogP contribution in [0.1, 0.15) is 35.7 Å². The number of hydrogen-bond acceptors (Lipinski definition) is 4. The van der Waals surface area contributed by atoms with Crippen molar-refractivity contribution in [1.29, 1.82) is 0 Å². The molecule has 0 spiro atoms. The number of cyclic esters (lactones) is 1. The highest BCUT2D eigenvalue weighted by molar-refractivity contribution is 5.93. The molecule has 1 aromatic carbocycles. The molecule has 0 unspecified atom stereocenters. The van der Waals surface area contributed by atoms with E-state index in [-0.39, 0.29) is 18.9 Å². The van der Waals surface area contributed by atoms with Crippen LogP contribution in [-0.4, -0.2) is 18.9 Å². The van der Waals surface area contributed by atoms with E-state index in [1.807, 2.05) is 6.07 Å². The van der Waals surface area contributed by atoms with Crippen LogP contribution in [0.15, 0.2) is 12.1 Å². The van der Waals surface area contributed by atoms with Crippen molar-refractivity contribution in [2.45, 2.75) is 32.3 Å². The first-order chi connectivity index (χ1) is 8.28. The van der Waals surface area contributed by atoms with Crippen LogP contribution < -0.4 is 9.47 Å². The molecule has 0 saturated heterocycles. The number of hydrogen-bond donors (Lipinski definition) is 0. The Balaban J connectivity index is 1.96. The molecule has 0 saturated carbocycles. The first kappa shape index (κ1) is 10.4. The van der Waals surface area contributed by atoms with Gasteiger partial charge in [0.1, 0.15) is 6.10 Å². The van der Waals surface area contributed by atoms with Crippen LogP contribution in [0.3, 0.4) is 0 Å². The van der Waals surface area contributed by atoms with Crippen LogP contribution >= 0.6 is 0 Å². The van der Waals surface area contributed by atoms with Gasteiger partial charge in [0.2, 0.25) is 6.79 Å². The van der Waals surface area contributed by atoms with Crippen LogP contribution in [0.25, 0.3) is 0 Å². The molecule has 3 rings (SSSR count). The predicted molar refractivity (Wildman–Crippen MR) is 60.4 cm³/mol. The van der Waals surface area contributed by atoms with Gasteiger partial charge in [0, 0.05) is 6.42 Å². The molecule has 0 amide bonds. The maximum atomic E-state index is 11.9. The summed E-state index contributed by atoms with van der Waals surface area (Å²) < 4.78 is 16.0. The summed E-state index contributed by atoms with van der Waals surface area (Å²) in [4.78, 5) is 11.9. The van der Waals surface area contributed by atoms with E-state index in [1.54, 1.807) is 6.07 Å². The molecule has 0 fully saturated rings. The summed E-state index contributed by atoms with van der Waals surface area (Å²) in [5.41, 5.74) is 1.62. The lowest BCUT2D eigenvalue weighted by Gasteiger charge is -2.24. The van der Waals surface area contributed by atoms with E-state index in [0.29, 0.717) is 11.3 Å². The number of carbonyl (C=O) groups excluding carboxylic acids is 1. The summed E-state index contributed by atoms with van der Waals surface area (Å²) in [6.07, 6.45) is 2.68. The number of ether oxygens (including phenoxy) is 3. The van der Waals surface area contributed by atoms with E-state index in [4.69, 9.17) is 14.2 Å². The van der Waals surface area contributed by atoms with Gasteiger partial charge in [-0.3, -0.25) is 0 Å². The SMILES string of the molecule is CCC[C@@H]1Cc2cc3c(cc2C(=O)O1)OCO3. The fourth-order valence-corrected chi connectivity index (χ4v) is 2.33. The summed E-state index contributed by atoms with van der Waals surface area (Å²) in [7, 11) is 0. The number of benzene rings is 1. The minimum Gasteiger partial charge on any atom is -0.458 e. The first-order valence-corrected chi connectivity index (χ1v) is 5.91. The topological polar surface area (TPSA) is 44.8 Å². The molecule has 90 valence electrons. The maximum absolute atomic E-state index is 11.9. The molecule has 4 nitrogen and oxygen atoms in total. The summed E-state index contributed by atoms with van der Waals surface area (Å²) in [6.45, 7) is 2.31. The van der Waals surface area contributed by atoms with Gasteiger partial charge in [0.25, 0.3) is 0 Å². The highest BCUT2D eigenvalue weighted by Gasteiger charge is 2.29. The quantitative estimate of drug-likeness (QED) is 0.736. The zero-order chi connectivity index (χ0) is 11.8. The molecule has 4 heteroatoms. The lowest BCUT2D eigenvalue weighted by Crippen LogP contribution is -2.27. The third kappa shape index (κ3) is 1.73. The minimum absolute atomic E-state index is 0.000344. The molecule has 1 atom stereocenters. The zero-order valence-electron chi connectivity index (χ0n) is 9.69. The Hall–Kier alpha value is -1.71. The third-order valence-corrected chi connectivity index (χ3v) is 3.15. The fraction of sp³-hybridized carbons (Fsp3) is 0.462. The number of esters is 1. The Bertz CT molecular complexity index is 467. The molecule has 2 aliphatic heterocycles. The van der Waals surface area contributed by atoms with Crippen LogP contribution in [-0.2, 0) is 11.2 Å². The van der Waals surface area contributed by atoms with Gasteiger partial charge < -0.3 is 14.2 Å². The number of rotatable bonds is 2. The Morgan fingerprint density at radius 2 is 2.06 bits per heavy atom. The normalized spacial score (nSPS) is 21.0. The predicted octanol–water partition coefficient (Wildman–Crippen LogP) is 2.30. The molecule has 0 bridgehead atoms. The van der Waals surface area contributed by atoms with Gasteiger partial charge in [-0.1, -0.05) is 13.3 Å². The zero-order valence-corrected chi connectivity index (χ0v) is 9.69. The van der Waals surface area contributed by atoms with Crippen molar-refractivity contribution < 1.29 is 19.0 Å². The second-order valence-corrected chi connectivity index (χ2v) is 4.38. The van der Waals surface area contributed by atoms with Crippen LogP contribution in [0.5, 0.6) is 11.5 Å². The van der Waals surface area contributed by atoms with Gasteiger partial charge in [-0.25, -0.2) is 4.79 Å². The molecule has 0 aromatic heterocycles. The third-order valence-electron chi connectivity index (χ3n) is 3.15. The van der Waals surface area contributed by atoms with Gasteiger partial charge in [-0.2, -0.15) is 0 Å². The maximum Gasteiger partial charge on any atom is 0.338 e. The van der Waals surface area contributed by atoms with E-state index in [0.717, 1.165) is 30.6 Å². The fourth-order valence-electron chi connectivity index (χ4n) is 2.33. The Morgan fingerprint density at radius 3 is 2.82 bits per heavy atom. The molecule has 0 aliphatic carbocycles. The number of fused-ring (bicyclic) bond motifs is 2. The van der Waals surface area contributed by atoms with Crippen molar-refractivity contribution in [2.24, 2.45) is 0 Å². The van der Waals surface area contributed by atoms with Crippen LogP contribution in [0.2, 0.25) is 0 Å². The van der Waals surface area contributed by atoms with E-state index < -0.39 is 0 Å². The molecule has 2 aliphatic rings. The van der Waals surface area contributed by atoms with Crippen molar-refractivity contribution >= 4 is 5.97 Å². The van der Waals surface area contributed by atoms with Gasteiger partial charge in [-0.05, 0) is 24.1 Å². The van der Waals surface area contributed by atoms with Crippen LogP contribution in [0.4, 0.5) is 0 Å². The van der Waals surface area contributed by atoms with Crippen molar-refractivity contribution in [3.63, 3.8) is 0 Å². The summed E-state index contributed by atoms with van der Waals surface area (Å²) in [5, 5.41) is 0. The van der Waals surface area contributed by atoms with Crippen molar-refractivity contribution in [3.8, 4) is 11.5 Å². The Morgan fingerprint density at radius 1 is 1.29 bits per heavy atom. The number of carbonyl (C=O) groups is 1. The molecular formula is C13H14O4. The van der Waals surface area contributed by atoms with Crippen molar-refractivity contribution in [3.05, 3.63) is 23.3 Å². The highest BCUT2D eigenvalue weighted by Crippen LogP contribution is 2.37. The Kier molecular flexibility index (Phi) is 2.42. The second kappa shape index (κ2) is 3.95. The van der Waals surface area contributed by atoms with Crippen molar-refractivity contribution in [2.75, 3.05) is 6.79 Å². The molecule has 0 radical (unpaired) electrons. The molecule has 2 heterocycles. The monoisotopic (exact) mass is 234 g/mol. The van der Waals surface area contributed by atoms with Gasteiger partial charge >= 0.3 is 5.97 Å². The smallest absolute Gasteiger partial charge is 0.338 e. The van der Waals surface area contributed by atoms with E-state index in [9.17, 15) is 4.79 Å². The summed E-state index contributed by atoms with van der Waals surface area (Å²) in [5.74, 6) is 1.12. The second-order valence-electron chi connectivity index (χ2n) is 4.38. The lowest BCUT2D eigenvalue weighted by molar-refractivity contribution is 0.0236. The highest BCUT2D eigenvalue weighted by atomic mass is 16.7. The van der Waals surface area contributed by atoms with E-state index in [2.05, 4.69) is 6.92 Å². The standard InChI is InChI=1S/C13H14O4/c1-2-3-9-4-8-5-11-12(16-7-15-11)6-10(8)13(14)17-9/h5-6,9H,2-4,7H2,1H3/t9-/m1/s1. The van der Waals surface area contributed by atoms with Gasteiger partial charge in [0.05, 0.1) is 5.56 Å². The van der Waals surface area contributed by atoms with E-state index >= 15 is 0 Å². The minimum atomic E-state index is -0.247. The molecule has 17 heavy (non-hydrogen) atoms. The summed E-state index contributed by atoms with van der Waals surface area (Å²) in [6, 6.07) is 3.63. The van der Waals surface area contributed by atoms with E-state index in [1.165, 1.54) is 0 Å².